The average Bonchev–Trinajstić information content (AvgIpc) is 2.48. The summed E-state index contributed by atoms with van der Waals surface area (Å²) in [6.45, 7) is 0. The van der Waals surface area contributed by atoms with Gasteiger partial charge in [0.25, 0.3) is 0 Å². The Kier molecular flexibility index (Phi) is 4.70. The molecule has 0 aliphatic heterocycles. The van der Waals surface area contributed by atoms with E-state index in [1.54, 1.807) is 0 Å². The zero-order chi connectivity index (χ0) is 15.4. The van der Waals surface area contributed by atoms with Crippen molar-refractivity contribution in [1.82, 2.24) is 10.2 Å². The van der Waals surface area contributed by atoms with E-state index >= 15 is 0 Å². The molecule has 2 rings (SSSR count). The first-order valence-corrected chi connectivity index (χ1v) is 6.53. The zero-order valence-electron chi connectivity index (χ0n) is 11.3. The molecule has 1 aromatic heterocycles. The number of ether oxygens (including phenoxy) is 1. The van der Waals surface area contributed by atoms with Crippen molar-refractivity contribution < 1.29 is 13.9 Å². The second-order valence-corrected chi connectivity index (χ2v) is 4.77. The maximum absolute atomic E-state index is 13.8. The molecule has 0 saturated carbocycles. The molecule has 0 fully saturated rings. The number of anilines is 1. The molecule has 0 saturated heterocycles. The Morgan fingerprint density at radius 2 is 2.14 bits per heavy atom. The van der Waals surface area contributed by atoms with Crippen molar-refractivity contribution in [1.29, 1.82) is 0 Å². The number of aromatic nitrogens is 2. The predicted octanol–water partition coefficient (Wildman–Crippen LogP) is 2.62. The first-order valence-electron chi connectivity index (χ1n) is 6.15. The molecule has 21 heavy (non-hydrogen) atoms. The van der Waals surface area contributed by atoms with Crippen molar-refractivity contribution in [3.63, 3.8) is 0 Å². The summed E-state index contributed by atoms with van der Waals surface area (Å²) >= 11 is 5.84. The molecule has 7 heteroatoms. The summed E-state index contributed by atoms with van der Waals surface area (Å²) in [7, 11) is 1.31. The van der Waals surface area contributed by atoms with E-state index in [1.807, 2.05) is 0 Å². The number of methoxy groups -OCH3 is 1. The van der Waals surface area contributed by atoms with Crippen LogP contribution in [0, 0.1) is 5.82 Å². The summed E-state index contributed by atoms with van der Waals surface area (Å²) in [5.41, 5.74) is 7.18. The molecule has 1 aromatic carbocycles. The molecule has 0 aliphatic carbocycles. The normalized spacial score (nSPS) is 10.4. The smallest absolute Gasteiger partial charge is 0.305 e. The van der Waals surface area contributed by atoms with Crippen molar-refractivity contribution in [3.8, 4) is 11.3 Å². The van der Waals surface area contributed by atoms with Crippen molar-refractivity contribution in [3.05, 3.63) is 40.8 Å². The minimum atomic E-state index is -0.463. The minimum absolute atomic E-state index is 0.153. The number of carbonyl (C=O) groups is 1. The summed E-state index contributed by atoms with van der Waals surface area (Å²) in [4.78, 5) is 11.1. The fourth-order valence-corrected chi connectivity index (χ4v) is 1.95. The SMILES string of the molecule is COC(=O)CCc1nnc(-c2cc(Cl)ccc2F)cc1N. The Balaban J connectivity index is 2.26. The maximum atomic E-state index is 13.8. The highest BCUT2D eigenvalue weighted by atomic mass is 35.5. The van der Waals surface area contributed by atoms with Crippen molar-refractivity contribution in [2.45, 2.75) is 12.8 Å². The van der Waals surface area contributed by atoms with E-state index in [0.717, 1.165) is 0 Å². The highest BCUT2D eigenvalue weighted by molar-refractivity contribution is 6.30. The Bertz CT molecular complexity index is 679. The lowest BCUT2D eigenvalue weighted by molar-refractivity contribution is -0.140. The lowest BCUT2D eigenvalue weighted by atomic mass is 10.1. The fraction of sp³-hybridized carbons (Fsp3) is 0.214. The third-order valence-electron chi connectivity index (χ3n) is 2.90. The van der Waals surface area contributed by atoms with E-state index in [1.165, 1.54) is 31.4 Å². The summed E-state index contributed by atoms with van der Waals surface area (Å²) in [5.74, 6) is -0.823. The van der Waals surface area contributed by atoms with Gasteiger partial charge in [-0.3, -0.25) is 4.79 Å². The van der Waals surface area contributed by atoms with Crippen LogP contribution in [0.2, 0.25) is 5.02 Å². The van der Waals surface area contributed by atoms with Crippen LogP contribution in [0.4, 0.5) is 10.1 Å². The largest absolute Gasteiger partial charge is 0.469 e. The highest BCUT2D eigenvalue weighted by Crippen LogP contribution is 2.26. The molecule has 2 aromatic rings. The molecule has 0 atom stereocenters. The molecule has 2 N–H and O–H groups in total. The highest BCUT2D eigenvalue weighted by Gasteiger charge is 2.12. The number of rotatable bonds is 4. The van der Waals surface area contributed by atoms with Crippen molar-refractivity contribution >= 4 is 23.3 Å². The van der Waals surface area contributed by atoms with Crippen molar-refractivity contribution in [2.24, 2.45) is 0 Å². The van der Waals surface area contributed by atoms with Gasteiger partial charge in [0, 0.05) is 17.0 Å². The Morgan fingerprint density at radius 1 is 1.38 bits per heavy atom. The fourth-order valence-electron chi connectivity index (χ4n) is 1.77. The number of hydrogen-bond acceptors (Lipinski definition) is 5. The van der Waals surface area contributed by atoms with E-state index in [4.69, 9.17) is 17.3 Å². The van der Waals surface area contributed by atoms with Crippen LogP contribution in [0.15, 0.2) is 24.3 Å². The van der Waals surface area contributed by atoms with E-state index in [9.17, 15) is 9.18 Å². The number of benzene rings is 1. The number of esters is 1. The molecular formula is C14H13ClFN3O2. The number of nitrogens with two attached hydrogens (primary N) is 1. The van der Waals surface area contributed by atoms with Gasteiger partial charge in [-0.2, -0.15) is 5.10 Å². The van der Waals surface area contributed by atoms with Crippen LogP contribution in [0.5, 0.6) is 0 Å². The molecule has 0 radical (unpaired) electrons. The predicted molar refractivity (Wildman–Crippen MR) is 77.2 cm³/mol. The Hall–Kier alpha value is -2.21. The topological polar surface area (TPSA) is 78.1 Å². The summed E-state index contributed by atoms with van der Waals surface area (Å²) in [5, 5.41) is 8.26. The van der Waals surface area contributed by atoms with E-state index < -0.39 is 5.82 Å². The van der Waals surface area contributed by atoms with Crippen LogP contribution in [-0.2, 0) is 16.0 Å². The van der Waals surface area contributed by atoms with Crippen LogP contribution < -0.4 is 5.73 Å². The van der Waals surface area contributed by atoms with Crippen LogP contribution in [0.1, 0.15) is 12.1 Å². The van der Waals surface area contributed by atoms with Crippen molar-refractivity contribution in [2.75, 3.05) is 12.8 Å². The molecule has 0 spiro atoms. The molecule has 0 aliphatic rings. The third-order valence-corrected chi connectivity index (χ3v) is 3.14. The van der Waals surface area contributed by atoms with Gasteiger partial charge in [-0.15, -0.1) is 5.10 Å². The van der Waals surface area contributed by atoms with Crippen LogP contribution in [0.3, 0.4) is 0 Å². The number of nitrogens with zero attached hydrogens (tertiary/aromatic N) is 2. The van der Waals surface area contributed by atoms with Gasteiger partial charge in [-0.1, -0.05) is 11.6 Å². The van der Waals surface area contributed by atoms with Gasteiger partial charge >= 0.3 is 5.97 Å². The maximum Gasteiger partial charge on any atom is 0.305 e. The average molecular weight is 310 g/mol. The number of aryl methyl sites for hydroxylation is 1. The van der Waals surface area contributed by atoms with Crippen LogP contribution >= 0.6 is 11.6 Å². The lowest BCUT2D eigenvalue weighted by Crippen LogP contribution is -2.07. The second kappa shape index (κ2) is 6.49. The number of nitrogen functional groups attached to an aromatic ring is 1. The van der Waals surface area contributed by atoms with Gasteiger partial charge in [0.1, 0.15) is 5.82 Å². The first kappa shape index (κ1) is 15.2. The van der Waals surface area contributed by atoms with Gasteiger partial charge < -0.3 is 10.5 Å². The number of hydrogen-bond donors (Lipinski definition) is 1. The Labute approximate surface area is 125 Å². The molecular weight excluding hydrogens is 297 g/mol. The van der Waals surface area contributed by atoms with Crippen LogP contribution in [-0.4, -0.2) is 23.3 Å². The molecule has 0 amide bonds. The number of halogens is 2. The standard InChI is InChI=1S/C14H13ClFN3O2/c1-21-14(20)5-4-12-11(17)7-13(19-18-12)9-6-8(15)2-3-10(9)16/h2-3,6-7H,4-5H2,1H3,(H2,17,19). The zero-order valence-corrected chi connectivity index (χ0v) is 12.0. The third kappa shape index (κ3) is 3.66. The summed E-state index contributed by atoms with van der Waals surface area (Å²) in [6, 6.07) is 5.66. The molecule has 0 bridgehead atoms. The quantitative estimate of drug-likeness (QED) is 0.878. The van der Waals surface area contributed by atoms with Gasteiger partial charge in [-0.05, 0) is 24.3 Å². The monoisotopic (exact) mass is 309 g/mol. The lowest BCUT2D eigenvalue weighted by Gasteiger charge is -2.07. The van der Waals surface area contributed by atoms with Gasteiger partial charge in [0.05, 0.1) is 30.6 Å². The molecule has 110 valence electrons. The van der Waals surface area contributed by atoms with Gasteiger partial charge in [-0.25, -0.2) is 4.39 Å². The van der Waals surface area contributed by atoms with E-state index in [0.29, 0.717) is 22.8 Å². The Morgan fingerprint density at radius 3 is 2.81 bits per heavy atom. The molecule has 1 heterocycles. The van der Waals surface area contributed by atoms with Gasteiger partial charge in [0.15, 0.2) is 0 Å². The number of carbonyl (C=O) groups excluding carboxylic acids is 1. The summed E-state index contributed by atoms with van der Waals surface area (Å²) in [6.07, 6.45) is 0.462. The van der Waals surface area contributed by atoms with E-state index in [2.05, 4.69) is 14.9 Å². The molecule has 5 nitrogen and oxygen atoms in total. The molecule has 0 unspecified atom stereocenters. The first-order chi connectivity index (χ1) is 10.0. The minimum Gasteiger partial charge on any atom is -0.469 e. The summed E-state index contributed by atoms with van der Waals surface area (Å²) < 4.78 is 18.3. The second-order valence-electron chi connectivity index (χ2n) is 4.33. The van der Waals surface area contributed by atoms with E-state index in [-0.39, 0.29) is 23.6 Å². The van der Waals surface area contributed by atoms with Crippen LogP contribution in [0.25, 0.3) is 11.3 Å². The van der Waals surface area contributed by atoms with Gasteiger partial charge in [0.2, 0.25) is 0 Å².